The number of benzene rings is 1. The van der Waals surface area contributed by atoms with Crippen LogP contribution in [0.4, 0.5) is 5.13 Å². The molecule has 0 bridgehead atoms. The number of rotatable bonds is 7. The molecule has 1 aliphatic heterocycles. The van der Waals surface area contributed by atoms with Crippen LogP contribution in [0, 0.1) is 0 Å². The van der Waals surface area contributed by atoms with E-state index in [1.54, 1.807) is 11.0 Å². The number of amides is 1. The highest BCUT2D eigenvalue weighted by Gasteiger charge is 2.24. The van der Waals surface area contributed by atoms with Crippen molar-refractivity contribution in [2.75, 3.05) is 50.5 Å². The van der Waals surface area contributed by atoms with Crippen molar-refractivity contribution in [3.63, 3.8) is 0 Å². The Morgan fingerprint density at radius 1 is 1.30 bits per heavy atom. The van der Waals surface area contributed by atoms with Gasteiger partial charge in [-0.3, -0.25) is 14.6 Å². The van der Waals surface area contributed by atoms with Gasteiger partial charge in [0.25, 0.3) is 5.91 Å². The molecule has 0 unspecified atom stereocenters. The number of sulfone groups is 1. The summed E-state index contributed by atoms with van der Waals surface area (Å²) in [4.78, 5) is 25.5. The molecule has 3 heterocycles. The van der Waals surface area contributed by atoms with E-state index in [2.05, 4.69) is 20.0 Å². The van der Waals surface area contributed by atoms with Crippen LogP contribution in [0.3, 0.4) is 0 Å². The highest BCUT2D eigenvalue weighted by Crippen LogP contribution is 2.32. The quantitative estimate of drug-likeness (QED) is 0.516. The molecule has 0 aliphatic carbocycles. The first-order valence-electron chi connectivity index (χ1n) is 9.44. The van der Waals surface area contributed by atoms with Gasteiger partial charge in [0, 0.05) is 32.4 Å². The molecule has 4 rings (SSSR count). The Kier molecular flexibility index (Phi) is 6.09. The standard InChI is InChI=1S/C18H22N6O4S2/c1-30(26,27)15-4-2-3-14-17(15)21-18(29-14)24(6-5-22-7-9-28-10-8-22)16(25)11-23-13-19-12-20-23/h2-4,12-13H,5-11H2,1H3. The number of hydrogen-bond donors (Lipinski definition) is 0. The molecule has 10 nitrogen and oxygen atoms in total. The Morgan fingerprint density at radius 3 is 2.80 bits per heavy atom. The fourth-order valence-corrected chi connectivity index (χ4v) is 5.19. The summed E-state index contributed by atoms with van der Waals surface area (Å²) in [6.45, 7) is 4.09. The number of nitrogens with zero attached hydrogens (tertiary/aromatic N) is 6. The van der Waals surface area contributed by atoms with Crippen LogP contribution in [-0.4, -0.2) is 84.6 Å². The van der Waals surface area contributed by atoms with E-state index >= 15 is 0 Å². The highest BCUT2D eigenvalue weighted by atomic mass is 32.2. The molecule has 1 fully saturated rings. The molecule has 1 saturated heterocycles. The molecule has 30 heavy (non-hydrogen) atoms. The fourth-order valence-electron chi connectivity index (χ4n) is 3.26. The minimum Gasteiger partial charge on any atom is -0.379 e. The third-order valence-electron chi connectivity index (χ3n) is 4.81. The third-order valence-corrected chi connectivity index (χ3v) is 6.98. The summed E-state index contributed by atoms with van der Waals surface area (Å²) in [5.41, 5.74) is 0.393. The number of ether oxygens (including phenoxy) is 1. The minimum absolute atomic E-state index is 0.0258. The van der Waals surface area contributed by atoms with Gasteiger partial charge in [-0.1, -0.05) is 17.4 Å². The second-order valence-corrected chi connectivity index (χ2v) is 9.96. The van der Waals surface area contributed by atoms with Crippen LogP contribution in [-0.2, 0) is 25.9 Å². The minimum atomic E-state index is -3.44. The number of para-hydroxylation sites is 1. The molecular formula is C18H22N6O4S2. The van der Waals surface area contributed by atoms with Crippen molar-refractivity contribution in [2.45, 2.75) is 11.4 Å². The van der Waals surface area contributed by atoms with Crippen LogP contribution in [0.1, 0.15) is 0 Å². The average Bonchev–Trinajstić information content (AvgIpc) is 3.37. The van der Waals surface area contributed by atoms with Crippen LogP contribution in [0.15, 0.2) is 35.7 Å². The lowest BCUT2D eigenvalue weighted by molar-refractivity contribution is -0.119. The Morgan fingerprint density at radius 2 is 2.10 bits per heavy atom. The van der Waals surface area contributed by atoms with Gasteiger partial charge in [-0.15, -0.1) is 0 Å². The van der Waals surface area contributed by atoms with E-state index in [4.69, 9.17) is 4.74 Å². The lowest BCUT2D eigenvalue weighted by Crippen LogP contribution is -2.44. The molecule has 1 aliphatic rings. The summed E-state index contributed by atoms with van der Waals surface area (Å²) < 4.78 is 31.9. The van der Waals surface area contributed by atoms with Gasteiger partial charge in [0.15, 0.2) is 15.0 Å². The van der Waals surface area contributed by atoms with Crippen LogP contribution < -0.4 is 4.90 Å². The van der Waals surface area contributed by atoms with E-state index in [1.165, 1.54) is 34.7 Å². The molecule has 1 amide bonds. The molecule has 2 aromatic heterocycles. The van der Waals surface area contributed by atoms with Crippen molar-refractivity contribution in [1.82, 2.24) is 24.6 Å². The first-order chi connectivity index (χ1) is 14.4. The van der Waals surface area contributed by atoms with Crippen LogP contribution in [0.2, 0.25) is 0 Å². The normalized spacial score (nSPS) is 15.5. The van der Waals surface area contributed by atoms with Crippen LogP contribution >= 0.6 is 11.3 Å². The molecule has 0 spiro atoms. The maximum Gasteiger partial charge on any atom is 0.250 e. The van der Waals surface area contributed by atoms with Crippen molar-refractivity contribution in [2.24, 2.45) is 0 Å². The van der Waals surface area contributed by atoms with Crippen molar-refractivity contribution in [1.29, 1.82) is 0 Å². The van der Waals surface area contributed by atoms with E-state index in [1.807, 2.05) is 6.07 Å². The molecule has 0 N–H and O–H groups in total. The van der Waals surface area contributed by atoms with Crippen molar-refractivity contribution in [3.8, 4) is 0 Å². The molecule has 160 valence electrons. The van der Waals surface area contributed by atoms with Gasteiger partial charge >= 0.3 is 0 Å². The summed E-state index contributed by atoms with van der Waals surface area (Å²) >= 11 is 1.30. The van der Waals surface area contributed by atoms with E-state index in [9.17, 15) is 13.2 Å². The number of fused-ring (bicyclic) bond motifs is 1. The number of morpholine rings is 1. The summed E-state index contributed by atoms with van der Waals surface area (Å²) in [6, 6.07) is 5.04. The zero-order valence-corrected chi connectivity index (χ0v) is 18.1. The number of aromatic nitrogens is 4. The third kappa shape index (κ3) is 4.67. The number of carbonyl (C=O) groups is 1. The molecule has 3 aromatic rings. The first-order valence-corrected chi connectivity index (χ1v) is 12.1. The maximum absolute atomic E-state index is 13.1. The van der Waals surface area contributed by atoms with Gasteiger partial charge in [-0.05, 0) is 12.1 Å². The van der Waals surface area contributed by atoms with E-state index in [-0.39, 0.29) is 17.3 Å². The SMILES string of the molecule is CS(=O)(=O)c1cccc2sc(N(CCN3CCOCC3)C(=O)Cn3cncn3)nc12. The predicted octanol–water partition coefficient (Wildman–Crippen LogP) is 0.657. The molecule has 0 atom stereocenters. The fraction of sp³-hybridized carbons (Fsp3) is 0.444. The summed E-state index contributed by atoms with van der Waals surface area (Å²) in [5, 5.41) is 4.48. The lowest BCUT2D eigenvalue weighted by atomic mass is 10.3. The van der Waals surface area contributed by atoms with E-state index in [0.717, 1.165) is 24.0 Å². The highest BCUT2D eigenvalue weighted by molar-refractivity contribution is 7.91. The molecular weight excluding hydrogens is 428 g/mol. The van der Waals surface area contributed by atoms with Gasteiger partial charge < -0.3 is 4.74 Å². The Hall–Kier alpha value is -2.41. The molecule has 0 saturated carbocycles. The lowest BCUT2D eigenvalue weighted by Gasteiger charge is -2.29. The van der Waals surface area contributed by atoms with Crippen molar-refractivity contribution >= 4 is 42.4 Å². The predicted molar refractivity (Wildman–Crippen MR) is 112 cm³/mol. The monoisotopic (exact) mass is 450 g/mol. The molecule has 1 aromatic carbocycles. The number of thiazole rings is 1. The second-order valence-electron chi connectivity index (χ2n) is 6.96. The van der Waals surface area contributed by atoms with Crippen molar-refractivity contribution in [3.05, 3.63) is 30.9 Å². The topological polar surface area (TPSA) is 111 Å². The van der Waals surface area contributed by atoms with Crippen LogP contribution in [0.25, 0.3) is 10.2 Å². The van der Waals surface area contributed by atoms with Gasteiger partial charge in [-0.25, -0.2) is 23.1 Å². The van der Waals surface area contributed by atoms with Crippen LogP contribution in [0.5, 0.6) is 0 Å². The number of hydrogen-bond acceptors (Lipinski definition) is 9. The smallest absolute Gasteiger partial charge is 0.250 e. The largest absolute Gasteiger partial charge is 0.379 e. The summed E-state index contributed by atoms with van der Waals surface area (Å²) in [6.07, 6.45) is 4.02. The second kappa shape index (κ2) is 8.76. The zero-order chi connectivity index (χ0) is 21.1. The Bertz CT molecular complexity index is 1120. The first kappa shape index (κ1) is 20.8. The van der Waals surface area contributed by atoms with Crippen molar-refractivity contribution < 1.29 is 17.9 Å². The summed E-state index contributed by atoms with van der Waals surface area (Å²) in [5.74, 6) is -0.186. The Balaban J connectivity index is 1.64. The Labute approximate surface area is 178 Å². The van der Waals surface area contributed by atoms with E-state index in [0.29, 0.717) is 37.0 Å². The summed E-state index contributed by atoms with van der Waals surface area (Å²) in [7, 11) is -3.44. The average molecular weight is 451 g/mol. The van der Waals surface area contributed by atoms with Gasteiger partial charge in [0.1, 0.15) is 24.7 Å². The zero-order valence-electron chi connectivity index (χ0n) is 16.5. The van der Waals surface area contributed by atoms with Gasteiger partial charge in [-0.2, -0.15) is 5.10 Å². The molecule has 0 radical (unpaired) electrons. The van der Waals surface area contributed by atoms with Gasteiger partial charge in [0.2, 0.25) is 0 Å². The van der Waals surface area contributed by atoms with E-state index < -0.39 is 9.84 Å². The number of anilines is 1. The maximum atomic E-state index is 13.1. The van der Waals surface area contributed by atoms with Gasteiger partial charge in [0.05, 0.1) is 22.8 Å². The molecule has 12 heteroatoms. The number of carbonyl (C=O) groups excluding carboxylic acids is 1.